The molecule has 2 aliphatic heterocycles. The number of carboxylic acids is 1. The summed E-state index contributed by atoms with van der Waals surface area (Å²) in [5.74, 6) is -1.07. The topological polar surface area (TPSA) is 157 Å². The number of hydrogen-bond acceptors (Lipinski definition) is 10. The number of hydrogen-bond donors (Lipinski definition) is 1. The first kappa shape index (κ1) is 34.4. The van der Waals surface area contributed by atoms with Crippen molar-refractivity contribution in [2.75, 3.05) is 40.1 Å². The summed E-state index contributed by atoms with van der Waals surface area (Å²) in [7, 11) is -2.76. The number of benzene rings is 2. The summed E-state index contributed by atoms with van der Waals surface area (Å²) in [4.78, 5) is 42.9. The van der Waals surface area contributed by atoms with Gasteiger partial charge in [-0.15, -0.1) is 0 Å². The number of aromatic nitrogens is 2. The van der Waals surface area contributed by atoms with Gasteiger partial charge in [-0.25, -0.2) is 13.2 Å². The molecule has 1 amide bonds. The van der Waals surface area contributed by atoms with E-state index in [1.54, 1.807) is 54.7 Å². The molecule has 0 spiro atoms. The van der Waals surface area contributed by atoms with Crippen LogP contribution < -0.4 is 19.8 Å². The molecule has 0 unspecified atom stereocenters. The largest absolute Gasteiger partial charge is 0.497 e. The minimum Gasteiger partial charge on any atom is -0.497 e. The van der Waals surface area contributed by atoms with Crippen LogP contribution in [0.5, 0.6) is 17.4 Å². The molecule has 13 nitrogen and oxygen atoms in total. The standard InChI is InChI=1S/C27H32N4O7S.C7H6O2/c1-18(2)20-14-19(36-3)15-22-25(20)27(33)31(39(22,34)35)17-38-23-16-24(32)30-11-7-8-21(26(30)28-23)37-13-12-29-9-5-4-6-10-29;8-7(9)6-4-2-1-3-5-6/h7-8,11,14-16,18H,4-6,9-10,12-13,17H2,1-3H3;1-5H,(H,8,9). The lowest BCUT2D eigenvalue weighted by Gasteiger charge is -2.26. The number of nitrogens with zero attached hydrogens (tertiary/aromatic N) is 4. The zero-order chi connectivity index (χ0) is 34.4. The van der Waals surface area contributed by atoms with Crippen LogP contribution in [-0.2, 0) is 10.0 Å². The number of pyridine rings is 1. The minimum absolute atomic E-state index is 0.102. The summed E-state index contributed by atoms with van der Waals surface area (Å²) in [6, 6.07) is 15.9. The number of ether oxygens (including phenoxy) is 3. The number of carbonyl (C=O) groups excluding carboxylic acids is 1. The number of piperidine rings is 1. The van der Waals surface area contributed by atoms with Gasteiger partial charge in [-0.1, -0.05) is 38.5 Å². The second-order valence-corrected chi connectivity index (χ2v) is 13.4. The van der Waals surface area contributed by atoms with Crippen LogP contribution in [-0.4, -0.2) is 84.1 Å². The number of methoxy groups -OCH3 is 1. The molecule has 1 fully saturated rings. The molecule has 14 heteroatoms. The van der Waals surface area contributed by atoms with Gasteiger partial charge in [0.15, 0.2) is 18.1 Å². The molecule has 0 atom stereocenters. The highest BCUT2D eigenvalue weighted by molar-refractivity contribution is 7.90. The number of sulfonamides is 1. The van der Waals surface area contributed by atoms with E-state index >= 15 is 0 Å². The number of likely N-dealkylation sites (tertiary alicyclic amines) is 1. The summed E-state index contributed by atoms with van der Waals surface area (Å²) in [5.41, 5.74) is 0.809. The maximum atomic E-state index is 13.3. The van der Waals surface area contributed by atoms with Crippen molar-refractivity contribution in [2.45, 2.75) is 43.9 Å². The molecule has 0 saturated carbocycles. The lowest BCUT2D eigenvalue weighted by molar-refractivity contribution is 0.0695. The molecule has 2 aliphatic rings. The van der Waals surface area contributed by atoms with Crippen molar-refractivity contribution in [1.29, 1.82) is 0 Å². The van der Waals surface area contributed by atoms with Gasteiger partial charge in [0.25, 0.3) is 21.5 Å². The second kappa shape index (κ2) is 14.9. The molecule has 4 aromatic rings. The predicted molar refractivity (Wildman–Crippen MR) is 177 cm³/mol. The SMILES string of the molecule is COc1cc(C(C)C)c2c(c1)S(=O)(=O)N(COc1cc(=O)n3cccc(OCCN4CCCCC4)c3n1)C2=O.O=C(O)c1ccccc1. The molecule has 1 N–H and O–H groups in total. The Morgan fingerprint density at radius 2 is 1.71 bits per heavy atom. The first-order chi connectivity index (χ1) is 23.0. The third-order valence-electron chi connectivity index (χ3n) is 8.07. The van der Waals surface area contributed by atoms with Crippen molar-refractivity contribution in [3.63, 3.8) is 0 Å². The molecular formula is C34H38N4O9S. The van der Waals surface area contributed by atoms with Gasteiger partial charge in [0.1, 0.15) is 17.3 Å². The number of amides is 1. The second-order valence-electron chi connectivity index (χ2n) is 11.6. The first-order valence-electron chi connectivity index (χ1n) is 15.6. The van der Waals surface area contributed by atoms with Crippen LogP contribution in [0.4, 0.5) is 0 Å². The van der Waals surface area contributed by atoms with E-state index in [4.69, 9.17) is 19.3 Å². The molecule has 4 heterocycles. The molecule has 1 saturated heterocycles. The summed E-state index contributed by atoms with van der Waals surface area (Å²) in [5, 5.41) is 8.38. The van der Waals surface area contributed by atoms with Gasteiger partial charge < -0.3 is 19.3 Å². The zero-order valence-electron chi connectivity index (χ0n) is 27.0. The van der Waals surface area contributed by atoms with Crippen LogP contribution in [0.15, 0.2) is 76.6 Å². The molecule has 2 aromatic heterocycles. The van der Waals surface area contributed by atoms with Crippen LogP contribution in [0, 0.1) is 0 Å². The molecule has 0 radical (unpaired) electrons. The van der Waals surface area contributed by atoms with Crippen molar-refractivity contribution in [2.24, 2.45) is 0 Å². The van der Waals surface area contributed by atoms with Crippen molar-refractivity contribution in [3.8, 4) is 17.4 Å². The number of carbonyl (C=O) groups is 2. The number of rotatable bonds is 10. The Morgan fingerprint density at radius 3 is 2.35 bits per heavy atom. The molecule has 0 bridgehead atoms. The highest BCUT2D eigenvalue weighted by Gasteiger charge is 2.44. The van der Waals surface area contributed by atoms with E-state index in [1.165, 1.54) is 36.8 Å². The normalized spacial score (nSPS) is 15.5. The van der Waals surface area contributed by atoms with Gasteiger partial charge in [0.05, 0.1) is 24.3 Å². The third kappa shape index (κ3) is 7.44. The van der Waals surface area contributed by atoms with E-state index in [2.05, 4.69) is 9.88 Å². The van der Waals surface area contributed by atoms with Gasteiger partial charge in [-0.05, 0) is 67.7 Å². The van der Waals surface area contributed by atoms with Gasteiger partial charge in [0, 0.05) is 18.8 Å². The van der Waals surface area contributed by atoms with E-state index in [1.807, 2.05) is 13.8 Å². The Morgan fingerprint density at radius 1 is 0.979 bits per heavy atom. The summed E-state index contributed by atoms with van der Waals surface area (Å²) < 4.78 is 45.4. The quantitative estimate of drug-likeness (QED) is 0.256. The number of fused-ring (bicyclic) bond motifs is 2. The summed E-state index contributed by atoms with van der Waals surface area (Å²) >= 11 is 0. The smallest absolute Gasteiger partial charge is 0.335 e. The molecule has 6 rings (SSSR count). The van der Waals surface area contributed by atoms with Crippen molar-refractivity contribution in [1.82, 2.24) is 18.6 Å². The lowest BCUT2D eigenvalue weighted by Crippen LogP contribution is -2.34. The van der Waals surface area contributed by atoms with E-state index in [-0.39, 0.29) is 27.9 Å². The molecule has 48 heavy (non-hydrogen) atoms. The van der Waals surface area contributed by atoms with Crippen molar-refractivity contribution >= 4 is 27.5 Å². The Kier molecular flexibility index (Phi) is 10.6. The predicted octanol–water partition coefficient (Wildman–Crippen LogP) is 4.26. The van der Waals surface area contributed by atoms with Gasteiger partial charge in [-0.2, -0.15) is 9.29 Å². The van der Waals surface area contributed by atoms with E-state index in [9.17, 15) is 22.8 Å². The van der Waals surface area contributed by atoms with Crippen LogP contribution in [0.2, 0.25) is 0 Å². The maximum absolute atomic E-state index is 13.3. The van der Waals surface area contributed by atoms with Crippen molar-refractivity contribution in [3.05, 3.63) is 93.9 Å². The van der Waals surface area contributed by atoms with E-state index < -0.39 is 34.2 Å². The summed E-state index contributed by atoms with van der Waals surface area (Å²) in [6.45, 7) is 6.38. The highest BCUT2D eigenvalue weighted by Crippen LogP contribution is 2.38. The molecular weight excluding hydrogens is 640 g/mol. The minimum atomic E-state index is -4.20. The number of aromatic carboxylic acids is 1. The van der Waals surface area contributed by atoms with Gasteiger partial charge in [-0.3, -0.25) is 18.9 Å². The van der Waals surface area contributed by atoms with Gasteiger partial charge in [0.2, 0.25) is 5.88 Å². The monoisotopic (exact) mass is 678 g/mol. The average molecular weight is 679 g/mol. The first-order valence-corrected chi connectivity index (χ1v) is 17.0. The van der Waals surface area contributed by atoms with Crippen LogP contribution in [0.3, 0.4) is 0 Å². The third-order valence-corrected chi connectivity index (χ3v) is 9.80. The highest BCUT2D eigenvalue weighted by atomic mass is 32.2. The fourth-order valence-corrected chi connectivity index (χ4v) is 7.00. The maximum Gasteiger partial charge on any atom is 0.335 e. The summed E-state index contributed by atoms with van der Waals surface area (Å²) in [6.07, 6.45) is 5.18. The zero-order valence-corrected chi connectivity index (χ0v) is 27.8. The van der Waals surface area contributed by atoms with E-state index in [0.29, 0.717) is 33.5 Å². The Balaban J connectivity index is 0.000000434. The Hall–Kier alpha value is -4.95. The van der Waals surface area contributed by atoms with E-state index in [0.717, 1.165) is 25.7 Å². The Bertz CT molecular complexity index is 1960. The fourth-order valence-electron chi connectivity index (χ4n) is 5.54. The van der Waals surface area contributed by atoms with Crippen LogP contribution >= 0.6 is 0 Å². The van der Waals surface area contributed by atoms with Crippen LogP contribution in [0.25, 0.3) is 5.65 Å². The van der Waals surface area contributed by atoms with Crippen molar-refractivity contribution < 1.29 is 37.3 Å². The lowest BCUT2D eigenvalue weighted by atomic mass is 9.96. The fraction of sp³-hybridized carbons (Fsp3) is 0.353. The number of carboxylic acid groups (broad SMARTS) is 1. The van der Waals surface area contributed by atoms with Crippen LogP contribution in [0.1, 0.15) is 65.3 Å². The molecule has 0 aliphatic carbocycles. The molecule has 254 valence electrons. The average Bonchev–Trinajstić information content (AvgIpc) is 3.28. The van der Waals surface area contributed by atoms with Gasteiger partial charge >= 0.3 is 5.97 Å². The Labute approximate surface area is 278 Å². The molecule has 2 aromatic carbocycles.